The Morgan fingerprint density at radius 2 is 1.68 bits per heavy atom. The van der Waals surface area contributed by atoms with Crippen molar-refractivity contribution in [1.29, 1.82) is 0 Å². The van der Waals surface area contributed by atoms with E-state index in [9.17, 15) is 22.8 Å². The normalized spacial score (nSPS) is 17.0. The molecule has 0 unspecified atom stereocenters. The molecule has 0 radical (unpaired) electrons. The topological polar surface area (TPSA) is 71.1 Å². The number of hydrogen-bond acceptors (Lipinski definition) is 5. The van der Waals surface area contributed by atoms with Crippen LogP contribution in [0.1, 0.15) is 29.5 Å². The number of rotatable bonds is 10. The standard InChI is InChI=1S/C31H32F3N3O4/c1-19-4-3-5-21(20(19)2)18-36(22-6-7-22)31(39)27-16-35-17-28(38)37(27)23-8-10-24(11-9-23)40-14-15-41-30-26(33)13-12-25(32)29(30)34/h3-5,8-13,22,27,35H,6-7,14-18H2,1-2H3/t27-/m1/s1. The number of aryl methyl sites for hydroxylation is 1. The quantitative estimate of drug-likeness (QED) is 0.285. The summed E-state index contributed by atoms with van der Waals surface area (Å²) >= 11 is 0. The monoisotopic (exact) mass is 567 g/mol. The van der Waals surface area contributed by atoms with Crippen LogP contribution in [0.3, 0.4) is 0 Å². The molecular weight excluding hydrogens is 535 g/mol. The molecule has 1 saturated carbocycles. The fourth-order valence-electron chi connectivity index (χ4n) is 4.97. The second-order valence-corrected chi connectivity index (χ2v) is 10.3. The number of amides is 2. The lowest BCUT2D eigenvalue weighted by Crippen LogP contribution is -2.61. The molecule has 0 aromatic heterocycles. The van der Waals surface area contributed by atoms with E-state index in [-0.39, 0.29) is 37.6 Å². The summed E-state index contributed by atoms with van der Waals surface area (Å²) in [6.07, 6.45) is 1.89. The molecule has 7 nitrogen and oxygen atoms in total. The molecule has 3 aromatic carbocycles. The van der Waals surface area contributed by atoms with E-state index in [0.717, 1.165) is 30.0 Å². The Bertz CT molecular complexity index is 1430. The van der Waals surface area contributed by atoms with Crippen molar-refractivity contribution in [1.82, 2.24) is 10.2 Å². The maximum atomic E-state index is 13.9. The van der Waals surface area contributed by atoms with Gasteiger partial charge in [0.05, 0.1) is 6.54 Å². The van der Waals surface area contributed by atoms with Crippen LogP contribution in [-0.4, -0.2) is 55.1 Å². The Morgan fingerprint density at radius 1 is 0.976 bits per heavy atom. The molecule has 1 N–H and O–H groups in total. The van der Waals surface area contributed by atoms with Crippen molar-refractivity contribution >= 4 is 17.5 Å². The van der Waals surface area contributed by atoms with Crippen LogP contribution < -0.4 is 19.7 Å². The third-order valence-electron chi connectivity index (χ3n) is 7.52. The summed E-state index contributed by atoms with van der Waals surface area (Å²) in [6, 6.07) is 13.7. The van der Waals surface area contributed by atoms with Crippen molar-refractivity contribution in [2.75, 3.05) is 31.2 Å². The number of nitrogens with one attached hydrogen (secondary N) is 1. The van der Waals surface area contributed by atoms with Crippen LogP contribution in [0.4, 0.5) is 18.9 Å². The first-order chi connectivity index (χ1) is 19.7. The molecule has 1 saturated heterocycles. The first-order valence-corrected chi connectivity index (χ1v) is 13.6. The van der Waals surface area contributed by atoms with Crippen molar-refractivity contribution in [2.45, 2.75) is 45.3 Å². The van der Waals surface area contributed by atoms with E-state index >= 15 is 0 Å². The van der Waals surface area contributed by atoms with Crippen LogP contribution in [0.5, 0.6) is 11.5 Å². The molecule has 1 aliphatic heterocycles. The summed E-state index contributed by atoms with van der Waals surface area (Å²) in [5.74, 6) is -4.28. The van der Waals surface area contributed by atoms with Gasteiger partial charge < -0.3 is 19.7 Å². The molecule has 0 spiro atoms. The van der Waals surface area contributed by atoms with E-state index in [1.807, 2.05) is 17.0 Å². The van der Waals surface area contributed by atoms with Crippen LogP contribution in [0.2, 0.25) is 0 Å². The van der Waals surface area contributed by atoms with Crippen molar-refractivity contribution in [2.24, 2.45) is 0 Å². The second-order valence-electron chi connectivity index (χ2n) is 10.3. The van der Waals surface area contributed by atoms with E-state index in [0.29, 0.717) is 30.6 Å². The summed E-state index contributed by atoms with van der Waals surface area (Å²) in [4.78, 5) is 30.4. The van der Waals surface area contributed by atoms with Gasteiger partial charge in [0.2, 0.25) is 17.6 Å². The summed E-state index contributed by atoms with van der Waals surface area (Å²) in [5.41, 5.74) is 3.99. The lowest BCUT2D eigenvalue weighted by atomic mass is 10.0. The number of hydrogen-bond donors (Lipinski definition) is 1. The SMILES string of the molecule is Cc1cccc(CN(C(=O)[C@H]2CNCC(=O)N2c2ccc(OCCOc3c(F)ccc(F)c3F)cc2)C2CC2)c1C. The Balaban J connectivity index is 1.25. The fourth-order valence-corrected chi connectivity index (χ4v) is 4.97. The van der Waals surface area contributed by atoms with Crippen LogP contribution in [0.15, 0.2) is 54.6 Å². The van der Waals surface area contributed by atoms with Gasteiger partial charge in [-0.05, 0) is 79.8 Å². The second kappa shape index (κ2) is 12.2. The van der Waals surface area contributed by atoms with E-state index in [2.05, 4.69) is 25.2 Å². The van der Waals surface area contributed by atoms with E-state index in [1.54, 1.807) is 29.2 Å². The Labute approximate surface area is 236 Å². The van der Waals surface area contributed by atoms with Gasteiger partial charge >= 0.3 is 0 Å². The highest BCUT2D eigenvalue weighted by molar-refractivity contribution is 6.03. The van der Waals surface area contributed by atoms with Gasteiger partial charge in [-0.15, -0.1) is 0 Å². The zero-order chi connectivity index (χ0) is 29.1. The summed E-state index contributed by atoms with van der Waals surface area (Å²) < 4.78 is 51.4. The number of anilines is 1. The van der Waals surface area contributed by atoms with E-state index < -0.39 is 29.2 Å². The zero-order valence-electron chi connectivity index (χ0n) is 23.0. The Morgan fingerprint density at radius 3 is 2.41 bits per heavy atom. The maximum absolute atomic E-state index is 13.9. The molecule has 41 heavy (non-hydrogen) atoms. The predicted octanol–water partition coefficient (Wildman–Crippen LogP) is 4.67. The molecule has 216 valence electrons. The van der Waals surface area contributed by atoms with Crippen molar-refractivity contribution in [3.05, 3.63) is 88.7 Å². The van der Waals surface area contributed by atoms with Crippen LogP contribution in [-0.2, 0) is 16.1 Å². The highest BCUT2D eigenvalue weighted by Crippen LogP contribution is 2.32. The molecule has 5 rings (SSSR count). The van der Waals surface area contributed by atoms with E-state index in [4.69, 9.17) is 9.47 Å². The molecule has 1 atom stereocenters. The zero-order valence-corrected chi connectivity index (χ0v) is 23.0. The minimum atomic E-state index is -1.39. The van der Waals surface area contributed by atoms with Gasteiger partial charge in [-0.25, -0.2) is 8.78 Å². The predicted molar refractivity (Wildman–Crippen MR) is 147 cm³/mol. The number of carbonyl (C=O) groups is 2. The minimum absolute atomic E-state index is 0.0584. The van der Waals surface area contributed by atoms with E-state index in [1.165, 1.54) is 5.56 Å². The highest BCUT2D eigenvalue weighted by Gasteiger charge is 2.41. The van der Waals surface area contributed by atoms with Crippen LogP contribution >= 0.6 is 0 Å². The number of carbonyl (C=O) groups excluding carboxylic acids is 2. The Hall–Kier alpha value is -4.05. The molecule has 2 fully saturated rings. The number of nitrogens with zero attached hydrogens (tertiary/aromatic N) is 2. The van der Waals surface area contributed by atoms with Gasteiger partial charge in [-0.2, -0.15) is 4.39 Å². The number of piperazine rings is 1. The van der Waals surface area contributed by atoms with Gasteiger partial charge in [-0.1, -0.05) is 18.2 Å². The molecule has 2 amide bonds. The fraction of sp³-hybridized carbons (Fsp3) is 0.355. The van der Waals surface area contributed by atoms with Gasteiger partial charge in [0.1, 0.15) is 25.0 Å². The third-order valence-corrected chi connectivity index (χ3v) is 7.52. The van der Waals surface area contributed by atoms with Gasteiger partial charge in [0.25, 0.3) is 0 Å². The van der Waals surface area contributed by atoms with Gasteiger partial charge in [0.15, 0.2) is 17.4 Å². The average Bonchev–Trinajstić information content (AvgIpc) is 3.81. The smallest absolute Gasteiger partial charge is 0.247 e. The molecule has 1 heterocycles. The molecule has 1 aliphatic carbocycles. The van der Waals surface area contributed by atoms with Crippen molar-refractivity contribution in [3.63, 3.8) is 0 Å². The molecule has 10 heteroatoms. The van der Waals surface area contributed by atoms with Crippen LogP contribution in [0, 0.1) is 31.3 Å². The third kappa shape index (κ3) is 6.32. The molecule has 3 aromatic rings. The van der Waals surface area contributed by atoms with Gasteiger partial charge in [-0.3, -0.25) is 14.5 Å². The highest BCUT2D eigenvalue weighted by atomic mass is 19.2. The van der Waals surface area contributed by atoms with Crippen LogP contribution in [0.25, 0.3) is 0 Å². The first kappa shape index (κ1) is 28.5. The summed E-state index contributed by atoms with van der Waals surface area (Å²) in [7, 11) is 0. The van der Waals surface area contributed by atoms with Crippen molar-refractivity contribution in [3.8, 4) is 11.5 Å². The minimum Gasteiger partial charge on any atom is -0.490 e. The summed E-state index contributed by atoms with van der Waals surface area (Å²) in [5, 5.41) is 3.08. The number of ether oxygens (including phenoxy) is 2. The first-order valence-electron chi connectivity index (χ1n) is 13.6. The molecule has 2 aliphatic rings. The number of benzene rings is 3. The number of halogens is 3. The summed E-state index contributed by atoms with van der Waals surface area (Å²) in [6.45, 7) is 4.79. The maximum Gasteiger partial charge on any atom is 0.247 e. The largest absolute Gasteiger partial charge is 0.490 e. The lowest BCUT2D eigenvalue weighted by Gasteiger charge is -2.38. The molecule has 0 bridgehead atoms. The average molecular weight is 568 g/mol. The molecular formula is C31H32F3N3O4. The van der Waals surface area contributed by atoms with Gasteiger partial charge in [0, 0.05) is 24.8 Å². The van der Waals surface area contributed by atoms with Crippen molar-refractivity contribution < 1.29 is 32.2 Å². The Kier molecular flexibility index (Phi) is 8.49. The lowest BCUT2D eigenvalue weighted by molar-refractivity contribution is -0.136.